The quantitative estimate of drug-likeness (QED) is 0.511. The first-order valence-electron chi connectivity index (χ1n) is 4.30. The van der Waals surface area contributed by atoms with Crippen LogP contribution in [0.4, 0.5) is 0 Å². The van der Waals surface area contributed by atoms with Gasteiger partial charge < -0.3 is 10.1 Å². The molecule has 0 aromatic rings. The lowest BCUT2D eigenvalue weighted by Crippen LogP contribution is -2.34. The predicted molar refractivity (Wildman–Crippen MR) is 56.8 cm³/mol. The molecule has 0 heterocycles. The summed E-state index contributed by atoms with van der Waals surface area (Å²) in [6.45, 7) is 8.52. The Morgan fingerprint density at radius 1 is 1.50 bits per heavy atom. The Balaban J connectivity index is 4.35. The molecule has 0 aromatic carbocycles. The molecule has 14 heavy (non-hydrogen) atoms. The summed E-state index contributed by atoms with van der Waals surface area (Å²) < 4.78 is 0. The molecule has 3 heteroatoms. The summed E-state index contributed by atoms with van der Waals surface area (Å²) in [5.41, 5.74) is 0.867. The number of carbonyl (C=O) groups is 2. The highest BCUT2D eigenvalue weighted by atomic mass is 16.2. The highest BCUT2D eigenvalue weighted by Gasteiger charge is 2.08. The van der Waals surface area contributed by atoms with E-state index in [9.17, 15) is 9.59 Å². The Bertz CT molecular complexity index is 266. The Kier molecular flexibility index (Phi) is 6.03. The Hall–Kier alpha value is -1.64. The molecular weight excluding hydrogens is 178 g/mol. The Morgan fingerprint density at radius 3 is 2.50 bits per heavy atom. The molecule has 0 radical (unpaired) electrons. The van der Waals surface area contributed by atoms with Gasteiger partial charge in [0, 0.05) is 6.92 Å². The molecule has 76 valence electrons. The molecule has 1 N–H and O–H groups in total. The molecule has 0 aliphatic carbocycles. The van der Waals surface area contributed by atoms with Crippen LogP contribution in [0.1, 0.15) is 13.3 Å². The van der Waals surface area contributed by atoms with Gasteiger partial charge in [0.15, 0.2) is 0 Å². The molecule has 1 unspecified atom stereocenters. The number of rotatable bonds is 6. The molecule has 0 aliphatic heterocycles. The Labute approximate surface area is 84.2 Å². The van der Waals surface area contributed by atoms with E-state index in [2.05, 4.69) is 18.5 Å². The summed E-state index contributed by atoms with van der Waals surface area (Å²) in [4.78, 5) is 21.3. The second-order valence-corrected chi connectivity index (χ2v) is 2.83. The number of amides is 1. The van der Waals surface area contributed by atoms with Gasteiger partial charge in [-0.05, 0) is 12.0 Å². The van der Waals surface area contributed by atoms with Crippen LogP contribution in [0.25, 0.3) is 0 Å². The molecule has 0 saturated carbocycles. The predicted octanol–water partition coefficient (Wildman–Crippen LogP) is 1.38. The molecular formula is C11H15NO2. The molecule has 0 spiro atoms. The fourth-order valence-corrected chi connectivity index (χ4v) is 1.02. The monoisotopic (exact) mass is 193 g/mol. The van der Waals surface area contributed by atoms with E-state index in [0.717, 1.165) is 5.57 Å². The van der Waals surface area contributed by atoms with E-state index >= 15 is 0 Å². The SMILES string of the molecule is C=C/C=C(\C=C)CC(C=O)NC(C)=O. The van der Waals surface area contributed by atoms with Gasteiger partial charge in [-0.25, -0.2) is 0 Å². The van der Waals surface area contributed by atoms with Crippen LogP contribution in [0.5, 0.6) is 0 Å². The van der Waals surface area contributed by atoms with Crippen LogP contribution in [-0.4, -0.2) is 18.2 Å². The number of nitrogens with one attached hydrogen (secondary N) is 1. The van der Waals surface area contributed by atoms with Crippen molar-refractivity contribution < 1.29 is 9.59 Å². The topological polar surface area (TPSA) is 46.2 Å². The first-order chi connectivity index (χ1) is 6.63. The lowest BCUT2D eigenvalue weighted by Gasteiger charge is -2.11. The van der Waals surface area contributed by atoms with Crippen LogP contribution in [-0.2, 0) is 9.59 Å². The first kappa shape index (κ1) is 12.4. The summed E-state index contributed by atoms with van der Waals surface area (Å²) in [7, 11) is 0. The first-order valence-corrected chi connectivity index (χ1v) is 4.30. The third-order valence-electron chi connectivity index (χ3n) is 1.60. The molecule has 1 amide bonds. The van der Waals surface area contributed by atoms with Crippen molar-refractivity contribution in [3.63, 3.8) is 0 Å². The molecule has 0 bridgehead atoms. The summed E-state index contributed by atoms with van der Waals surface area (Å²) in [6, 6.07) is -0.489. The van der Waals surface area contributed by atoms with Crippen LogP contribution in [0.15, 0.2) is 37.0 Å². The number of hydrogen-bond acceptors (Lipinski definition) is 2. The van der Waals surface area contributed by atoms with Crippen LogP contribution in [0.3, 0.4) is 0 Å². The minimum Gasteiger partial charge on any atom is -0.346 e. The maximum absolute atomic E-state index is 10.7. The highest BCUT2D eigenvalue weighted by molar-refractivity contribution is 5.77. The van der Waals surface area contributed by atoms with E-state index < -0.39 is 6.04 Å². The summed E-state index contributed by atoms with van der Waals surface area (Å²) in [5, 5.41) is 2.52. The van der Waals surface area contributed by atoms with Crippen molar-refractivity contribution in [2.24, 2.45) is 0 Å². The second-order valence-electron chi connectivity index (χ2n) is 2.83. The summed E-state index contributed by atoms with van der Waals surface area (Å²) in [6.07, 6.45) is 6.17. The van der Waals surface area contributed by atoms with Crippen molar-refractivity contribution in [1.29, 1.82) is 0 Å². The average Bonchev–Trinajstić information content (AvgIpc) is 2.15. The van der Waals surface area contributed by atoms with Crippen molar-refractivity contribution in [2.45, 2.75) is 19.4 Å². The van der Waals surface area contributed by atoms with E-state index in [1.54, 1.807) is 18.2 Å². The van der Waals surface area contributed by atoms with Gasteiger partial charge in [0.05, 0.1) is 6.04 Å². The lowest BCUT2D eigenvalue weighted by atomic mass is 10.1. The minimum atomic E-state index is -0.489. The van der Waals surface area contributed by atoms with Crippen molar-refractivity contribution in [2.75, 3.05) is 0 Å². The largest absolute Gasteiger partial charge is 0.346 e. The van der Waals surface area contributed by atoms with Crippen LogP contribution >= 0.6 is 0 Å². The van der Waals surface area contributed by atoms with E-state index in [1.807, 2.05) is 0 Å². The van der Waals surface area contributed by atoms with Crippen LogP contribution < -0.4 is 5.32 Å². The molecule has 0 saturated heterocycles. The van der Waals surface area contributed by atoms with E-state index in [-0.39, 0.29) is 5.91 Å². The zero-order valence-corrected chi connectivity index (χ0v) is 8.32. The summed E-state index contributed by atoms with van der Waals surface area (Å²) in [5.74, 6) is -0.218. The van der Waals surface area contributed by atoms with E-state index in [1.165, 1.54) is 6.92 Å². The van der Waals surface area contributed by atoms with Crippen molar-refractivity contribution in [3.05, 3.63) is 37.0 Å². The van der Waals surface area contributed by atoms with Gasteiger partial charge in [0.25, 0.3) is 0 Å². The van der Waals surface area contributed by atoms with Gasteiger partial charge in [0.1, 0.15) is 6.29 Å². The number of allylic oxidation sites excluding steroid dienone is 3. The zero-order valence-electron chi connectivity index (χ0n) is 8.32. The number of carbonyl (C=O) groups excluding carboxylic acids is 2. The van der Waals surface area contributed by atoms with Gasteiger partial charge >= 0.3 is 0 Å². The highest BCUT2D eigenvalue weighted by Crippen LogP contribution is 2.05. The fraction of sp³-hybridized carbons (Fsp3) is 0.273. The molecule has 0 rings (SSSR count). The van der Waals surface area contributed by atoms with Gasteiger partial charge in [-0.2, -0.15) is 0 Å². The van der Waals surface area contributed by atoms with Gasteiger partial charge in [0.2, 0.25) is 5.91 Å². The third kappa shape index (κ3) is 5.09. The molecule has 1 atom stereocenters. The number of aldehydes is 1. The smallest absolute Gasteiger partial charge is 0.217 e. The van der Waals surface area contributed by atoms with Crippen molar-refractivity contribution in [1.82, 2.24) is 5.32 Å². The fourth-order valence-electron chi connectivity index (χ4n) is 1.02. The standard InChI is InChI=1S/C11H15NO2/c1-4-6-10(5-2)7-11(8-13)12-9(3)14/h4-6,8,11H,1-2,7H2,3H3,(H,12,14)/b10-6+. The second kappa shape index (κ2) is 6.83. The van der Waals surface area contributed by atoms with E-state index in [4.69, 9.17) is 0 Å². The maximum Gasteiger partial charge on any atom is 0.217 e. The van der Waals surface area contributed by atoms with E-state index in [0.29, 0.717) is 12.7 Å². The molecule has 0 aliphatic rings. The molecule has 0 aromatic heterocycles. The van der Waals surface area contributed by atoms with Crippen molar-refractivity contribution >= 4 is 12.2 Å². The van der Waals surface area contributed by atoms with Gasteiger partial charge in [-0.3, -0.25) is 4.79 Å². The van der Waals surface area contributed by atoms with Crippen molar-refractivity contribution in [3.8, 4) is 0 Å². The lowest BCUT2D eigenvalue weighted by molar-refractivity contribution is -0.122. The number of hydrogen-bond donors (Lipinski definition) is 1. The molecule has 0 fully saturated rings. The summed E-state index contributed by atoms with van der Waals surface area (Å²) >= 11 is 0. The van der Waals surface area contributed by atoms with Gasteiger partial charge in [-0.15, -0.1) is 0 Å². The van der Waals surface area contributed by atoms with Gasteiger partial charge in [-0.1, -0.05) is 31.4 Å². The molecule has 3 nitrogen and oxygen atoms in total. The van der Waals surface area contributed by atoms with Crippen LogP contribution in [0.2, 0.25) is 0 Å². The normalized spacial score (nSPS) is 12.8. The average molecular weight is 193 g/mol. The Morgan fingerprint density at radius 2 is 2.14 bits per heavy atom. The minimum absolute atomic E-state index is 0.218. The third-order valence-corrected chi connectivity index (χ3v) is 1.60. The van der Waals surface area contributed by atoms with Crippen LogP contribution in [0, 0.1) is 0 Å². The maximum atomic E-state index is 10.7. The zero-order chi connectivity index (χ0) is 11.0.